The van der Waals surface area contributed by atoms with Crippen molar-refractivity contribution in [3.05, 3.63) is 93.7 Å². The molecule has 0 saturated heterocycles. The summed E-state index contributed by atoms with van der Waals surface area (Å²) in [5.74, 6) is 0. The summed E-state index contributed by atoms with van der Waals surface area (Å²) in [6, 6.07) is 20.0. The zero-order valence-electron chi connectivity index (χ0n) is 19.2. The number of nitriles is 1. The monoisotopic (exact) mass is 434 g/mol. The molecule has 1 aliphatic carbocycles. The topological polar surface area (TPSA) is 63.7 Å². The zero-order chi connectivity index (χ0) is 22.9. The van der Waals surface area contributed by atoms with Crippen LogP contribution < -0.4 is 4.74 Å². The van der Waals surface area contributed by atoms with Crippen LogP contribution in [0, 0.1) is 18.3 Å². The first kappa shape index (κ1) is 21.0. The maximum atomic E-state index is 9.72. The van der Waals surface area contributed by atoms with Crippen LogP contribution in [0.5, 0.6) is 6.01 Å². The van der Waals surface area contributed by atoms with Crippen molar-refractivity contribution >= 4 is 16.7 Å². The smallest absolute Gasteiger partial charge is 0.298 e. The molecular weight excluding hydrogens is 408 g/mol. The second-order valence-corrected chi connectivity index (χ2v) is 8.47. The fraction of sp³-hybridized carbons (Fsp3) is 0.250. The fourth-order valence-electron chi connectivity index (χ4n) is 4.74. The van der Waals surface area contributed by atoms with Gasteiger partial charge < -0.3 is 4.74 Å². The van der Waals surface area contributed by atoms with E-state index in [1.54, 1.807) is 0 Å². The SMILES string of the molecule is CCOc1nc2c(C)ccnc2n1Cc1ccc2c(c1)CCc1ccccc1/C2=C(/C)C#N. The van der Waals surface area contributed by atoms with E-state index in [4.69, 9.17) is 9.72 Å². The van der Waals surface area contributed by atoms with Crippen molar-refractivity contribution < 1.29 is 4.74 Å². The molecule has 5 nitrogen and oxygen atoms in total. The van der Waals surface area contributed by atoms with Crippen LogP contribution in [0.4, 0.5) is 0 Å². The van der Waals surface area contributed by atoms with Gasteiger partial charge in [-0.2, -0.15) is 10.2 Å². The number of ether oxygens (including phenoxy) is 1. The molecule has 1 aliphatic rings. The molecule has 0 bridgehead atoms. The minimum atomic E-state index is 0.548. The Hall–Kier alpha value is -3.91. The van der Waals surface area contributed by atoms with Crippen molar-refractivity contribution in [2.45, 2.75) is 40.2 Å². The Kier molecular flexibility index (Phi) is 5.43. The average molecular weight is 435 g/mol. The first-order chi connectivity index (χ1) is 16.1. The lowest BCUT2D eigenvalue weighted by molar-refractivity contribution is 0.301. The highest BCUT2D eigenvalue weighted by Gasteiger charge is 2.21. The summed E-state index contributed by atoms with van der Waals surface area (Å²) in [5.41, 5.74) is 10.6. The van der Waals surface area contributed by atoms with Gasteiger partial charge in [-0.05, 0) is 73.1 Å². The maximum absolute atomic E-state index is 9.72. The van der Waals surface area contributed by atoms with Crippen LogP contribution in [0.25, 0.3) is 16.7 Å². The molecule has 4 aromatic rings. The van der Waals surface area contributed by atoms with Gasteiger partial charge in [-0.15, -0.1) is 0 Å². The highest BCUT2D eigenvalue weighted by molar-refractivity contribution is 5.87. The third kappa shape index (κ3) is 3.68. The first-order valence-corrected chi connectivity index (χ1v) is 11.4. The highest BCUT2D eigenvalue weighted by atomic mass is 16.5. The number of imidazole rings is 1. The Bertz CT molecular complexity index is 1440. The summed E-state index contributed by atoms with van der Waals surface area (Å²) < 4.78 is 7.91. The first-order valence-electron chi connectivity index (χ1n) is 11.4. The quantitative estimate of drug-likeness (QED) is 0.391. The third-order valence-corrected chi connectivity index (χ3v) is 6.35. The van der Waals surface area contributed by atoms with Gasteiger partial charge >= 0.3 is 0 Å². The average Bonchev–Trinajstić information content (AvgIpc) is 3.08. The highest BCUT2D eigenvalue weighted by Crippen LogP contribution is 2.36. The van der Waals surface area contributed by atoms with Crippen molar-refractivity contribution in [1.82, 2.24) is 14.5 Å². The molecule has 0 N–H and O–H groups in total. The Balaban J connectivity index is 1.60. The van der Waals surface area contributed by atoms with Gasteiger partial charge in [0, 0.05) is 17.3 Å². The maximum Gasteiger partial charge on any atom is 0.298 e. The predicted molar refractivity (Wildman–Crippen MR) is 130 cm³/mol. The van der Waals surface area contributed by atoms with E-state index in [0.717, 1.165) is 51.8 Å². The molecule has 2 aromatic carbocycles. The van der Waals surface area contributed by atoms with Crippen LogP contribution in [0.15, 0.2) is 60.3 Å². The lowest BCUT2D eigenvalue weighted by Crippen LogP contribution is -2.06. The lowest BCUT2D eigenvalue weighted by atomic mass is 9.90. The minimum absolute atomic E-state index is 0.548. The van der Waals surface area contributed by atoms with Crippen molar-refractivity contribution in [3.63, 3.8) is 0 Å². The molecular formula is C28H26N4O. The van der Waals surface area contributed by atoms with Crippen molar-refractivity contribution in [2.24, 2.45) is 0 Å². The molecule has 5 rings (SSSR count). The molecule has 0 saturated carbocycles. The molecule has 33 heavy (non-hydrogen) atoms. The minimum Gasteiger partial charge on any atom is -0.465 e. The number of hydrogen-bond acceptors (Lipinski definition) is 4. The summed E-state index contributed by atoms with van der Waals surface area (Å²) in [4.78, 5) is 9.30. The predicted octanol–water partition coefficient (Wildman–Crippen LogP) is 5.63. The van der Waals surface area contributed by atoms with Gasteiger partial charge in [0.1, 0.15) is 5.52 Å². The van der Waals surface area contributed by atoms with Gasteiger partial charge in [-0.3, -0.25) is 4.57 Å². The summed E-state index contributed by atoms with van der Waals surface area (Å²) >= 11 is 0. The molecule has 0 spiro atoms. The molecule has 0 amide bonds. The van der Waals surface area contributed by atoms with E-state index in [9.17, 15) is 5.26 Å². The molecule has 0 atom stereocenters. The number of fused-ring (bicyclic) bond motifs is 3. The number of aromatic nitrogens is 3. The second-order valence-electron chi connectivity index (χ2n) is 8.47. The summed E-state index contributed by atoms with van der Waals surface area (Å²) in [5, 5.41) is 9.72. The normalized spacial score (nSPS) is 14.2. The van der Waals surface area contributed by atoms with Crippen LogP contribution in [0.2, 0.25) is 0 Å². The number of pyridine rings is 1. The number of allylic oxidation sites excluding steroid dienone is 1. The lowest BCUT2D eigenvalue weighted by Gasteiger charge is -2.15. The van der Waals surface area contributed by atoms with Crippen LogP contribution in [0.1, 0.15) is 47.2 Å². The summed E-state index contributed by atoms with van der Waals surface area (Å²) in [6.07, 6.45) is 3.71. The molecule has 2 aromatic heterocycles. The van der Waals surface area contributed by atoms with Gasteiger partial charge in [-0.1, -0.05) is 42.5 Å². The van der Waals surface area contributed by atoms with Crippen LogP contribution in [0.3, 0.4) is 0 Å². The Morgan fingerprint density at radius 2 is 1.88 bits per heavy atom. The number of hydrogen-bond donors (Lipinski definition) is 0. The zero-order valence-corrected chi connectivity index (χ0v) is 19.2. The standard InChI is InChI=1S/C28H26N4O/c1-4-33-28-31-26-18(2)13-14-30-27(26)32(28)17-20-9-12-24-22(15-20)11-10-21-7-5-6-8-23(21)25(24)19(3)16-29/h5-9,12-15H,4,10-11,17H2,1-3H3/b25-19+. The molecule has 2 heterocycles. The Labute approximate surface area is 194 Å². The summed E-state index contributed by atoms with van der Waals surface area (Å²) in [7, 11) is 0. The molecule has 0 unspecified atom stereocenters. The van der Waals surface area contributed by atoms with E-state index in [-0.39, 0.29) is 0 Å². The Morgan fingerprint density at radius 3 is 2.70 bits per heavy atom. The largest absolute Gasteiger partial charge is 0.465 e. The third-order valence-electron chi connectivity index (χ3n) is 6.35. The molecule has 0 aliphatic heterocycles. The van der Waals surface area contributed by atoms with Gasteiger partial charge in [0.05, 0.1) is 19.2 Å². The van der Waals surface area contributed by atoms with E-state index in [1.807, 2.05) is 33.0 Å². The van der Waals surface area contributed by atoms with Gasteiger partial charge in [0.2, 0.25) is 0 Å². The summed E-state index contributed by atoms with van der Waals surface area (Å²) in [6.45, 7) is 7.10. The molecule has 164 valence electrons. The molecule has 0 fully saturated rings. The molecule has 0 radical (unpaired) electrons. The van der Waals surface area contributed by atoms with E-state index in [1.165, 1.54) is 16.7 Å². The van der Waals surface area contributed by atoms with E-state index < -0.39 is 0 Å². The van der Waals surface area contributed by atoms with Crippen LogP contribution >= 0.6 is 0 Å². The fourth-order valence-corrected chi connectivity index (χ4v) is 4.74. The van der Waals surface area contributed by atoms with E-state index in [2.05, 4.69) is 58.1 Å². The van der Waals surface area contributed by atoms with Gasteiger partial charge in [-0.25, -0.2) is 4.98 Å². The number of aryl methyl sites for hydroxylation is 3. The Morgan fingerprint density at radius 1 is 1.09 bits per heavy atom. The van der Waals surface area contributed by atoms with E-state index >= 15 is 0 Å². The van der Waals surface area contributed by atoms with E-state index in [0.29, 0.717) is 19.2 Å². The number of nitrogens with zero attached hydrogens (tertiary/aromatic N) is 4. The van der Waals surface area contributed by atoms with Crippen LogP contribution in [-0.2, 0) is 19.4 Å². The van der Waals surface area contributed by atoms with Crippen molar-refractivity contribution in [1.29, 1.82) is 5.26 Å². The van der Waals surface area contributed by atoms with Crippen LogP contribution in [-0.4, -0.2) is 21.1 Å². The second kappa shape index (κ2) is 8.55. The van der Waals surface area contributed by atoms with Crippen molar-refractivity contribution in [2.75, 3.05) is 6.61 Å². The van der Waals surface area contributed by atoms with Crippen molar-refractivity contribution in [3.8, 4) is 12.1 Å². The molecule has 5 heteroatoms. The number of rotatable bonds is 4. The van der Waals surface area contributed by atoms with Gasteiger partial charge in [0.25, 0.3) is 6.01 Å². The van der Waals surface area contributed by atoms with Gasteiger partial charge in [0.15, 0.2) is 5.65 Å². The number of benzene rings is 2.